The second-order valence-corrected chi connectivity index (χ2v) is 11.8. The van der Waals surface area contributed by atoms with Gasteiger partial charge in [-0.15, -0.1) is 11.3 Å². The van der Waals surface area contributed by atoms with E-state index in [9.17, 15) is 18.0 Å². The Morgan fingerprint density at radius 1 is 0.971 bits per heavy atom. The monoisotopic (exact) mass is 505 g/mol. The summed E-state index contributed by atoms with van der Waals surface area (Å²) >= 11 is 1.08. The normalized spacial score (nSPS) is 19.2. The number of carbonyl (C=O) groups excluding carboxylic acids is 2. The molecule has 2 fully saturated rings. The van der Waals surface area contributed by atoms with E-state index in [0.717, 1.165) is 43.7 Å². The van der Waals surface area contributed by atoms with Gasteiger partial charge in [0.05, 0.1) is 5.56 Å². The Morgan fingerprint density at radius 3 is 2.47 bits per heavy atom. The van der Waals surface area contributed by atoms with Gasteiger partial charge in [0.2, 0.25) is 12.7 Å². The molecule has 4 heterocycles. The number of nitrogens with zero attached hydrogens (tertiary/aromatic N) is 2. The first-order valence-electron chi connectivity index (χ1n) is 11.5. The van der Waals surface area contributed by atoms with E-state index >= 15 is 0 Å². The summed E-state index contributed by atoms with van der Waals surface area (Å²) in [5.41, 5.74) is 1.05. The van der Waals surface area contributed by atoms with Crippen molar-refractivity contribution >= 4 is 38.9 Å². The van der Waals surface area contributed by atoms with Gasteiger partial charge in [-0.25, -0.2) is 8.42 Å². The molecule has 182 valence electrons. The van der Waals surface area contributed by atoms with Gasteiger partial charge in [0, 0.05) is 49.2 Å². The molecule has 0 spiro atoms. The molecule has 34 heavy (non-hydrogen) atoms. The predicted molar refractivity (Wildman–Crippen MR) is 127 cm³/mol. The third-order valence-electron chi connectivity index (χ3n) is 6.52. The summed E-state index contributed by atoms with van der Waals surface area (Å²) in [5.74, 6) is 0.716. The van der Waals surface area contributed by atoms with Crippen LogP contribution >= 0.6 is 11.3 Å². The summed E-state index contributed by atoms with van der Waals surface area (Å²) < 4.78 is 38.5. The Bertz CT molecular complexity index is 1180. The van der Waals surface area contributed by atoms with Crippen molar-refractivity contribution in [2.24, 2.45) is 5.92 Å². The lowest BCUT2D eigenvalue weighted by atomic mass is 9.97. The maximum absolute atomic E-state index is 13.2. The Balaban J connectivity index is 1.18. The van der Waals surface area contributed by atoms with Crippen LogP contribution < -0.4 is 14.8 Å². The molecule has 0 unspecified atom stereocenters. The first-order valence-corrected chi connectivity index (χ1v) is 13.8. The summed E-state index contributed by atoms with van der Waals surface area (Å²) in [5, 5.41) is 4.53. The minimum absolute atomic E-state index is 0.101. The summed E-state index contributed by atoms with van der Waals surface area (Å²) in [4.78, 5) is 27.2. The number of carbonyl (C=O) groups is 2. The smallest absolute Gasteiger partial charge is 0.254 e. The van der Waals surface area contributed by atoms with E-state index in [2.05, 4.69) is 5.32 Å². The molecule has 2 aromatic rings. The van der Waals surface area contributed by atoms with E-state index in [-0.39, 0.29) is 41.8 Å². The highest BCUT2D eigenvalue weighted by Gasteiger charge is 2.34. The Kier molecular flexibility index (Phi) is 6.50. The number of piperidine rings is 2. The number of amides is 2. The molecular weight excluding hydrogens is 478 g/mol. The van der Waals surface area contributed by atoms with Gasteiger partial charge in [-0.05, 0) is 50.3 Å². The number of hydrogen-bond acceptors (Lipinski definition) is 7. The Morgan fingerprint density at radius 2 is 1.71 bits per heavy atom. The van der Waals surface area contributed by atoms with Gasteiger partial charge in [-0.2, -0.15) is 4.31 Å². The fourth-order valence-electron chi connectivity index (χ4n) is 4.55. The molecule has 0 saturated carbocycles. The SMILES string of the molecule is O=C(Nc1ccc2c(c1)OCO2)C1CCN(S(=O)(=O)c2cc(C(=O)N3CCCCC3)cs2)CC1. The van der Waals surface area contributed by atoms with Crippen molar-refractivity contribution in [3.05, 3.63) is 35.2 Å². The number of rotatable bonds is 5. The number of thiophene rings is 1. The van der Waals surface area contributed by atoms with Crippen molar-refractivity contribution in [3.63, 3.8) is 0 Å². The van der Waals surface area contributed by atoms with Gasteiger partial charge in [0.15, 0.2) is 11.5 Å². The molecule has 0 atom stereocenters. The molecule has 1 aromatic heterocycles. The minimum Gasteiger partial charge on any atom is -0.454 e. The molecule has 1 aromatic carbocycles. The second-order valence-electron chi connectivity index (χ2n) is 8.74. The molecule has 0 bridgehead atoms. The Hall–Kier alpha value is -2.63. The third-order valence-corrected chi connectivity index (χ3v) is 9.84. The van der Waals surface area contributed by atoms with E-state index in [4.69, 9.17) is 9.47 Å². The first kappa shape index (κ1) is 23.1. The number of anilines is 1. The summed E-state index contributed by atoms with van der Waals surface area (Å²) in [7, 11) is -3.70. The topological polar surface area (TPSA) is 105 Å². The van der Waals surface area contributed by atoms with Gasteiger partial charge in [-0.3, -0.25) is 9.59 Å². The lowest BCUT2D eigenvalue weighted by Gasteiger charge is -2.30. The van der Waals surface area contributed by atoms with E-state index in [1.807, 2.05) is 0 Å². The average Bonchev–Trinajstić information content (AvgIpc) is 3.54. The highest BCUT2D eigenvalue weighted by molar-refractivity contribution is 7.91. The highest BCUT2D eigenvalue weighted by Crippen LogP contribution is 2.35. The molecule has 2 saturated heterocycles. The number of benzene rings is 1. The molecular formula is C23H27N3O6S2. The van der Waals surface area contributed by atoms with Crippen LogP contribution in [0.5, 0.6) is 11.5 Å². The lowest BCUT2D eigenvalue weighted by molar-refractivity contribution is -0.120. The first-order chi connectivity index (χ1) is 16.4. The van der Waals surface area contributed by atoms with Crippen LogP contribution in [0.4, 0.5) is 5.69 Å². The van der Waals surface area contributed by atoms with Crippen molar-refractivity contribution in [2.75, 3.05) is 38.3 Å². The van der Waals surface area contributed by atoms with Crippen molar-refractivity contribution in [3.8, 4) is 11.5 Å². The molecule has 3 aliphatic heterocycles. The van der Waals surface area contributed by atoms with Crippen LogP contribution in [0.2, 0.25) is 0 Å². The van der Waals surface area contributed by atoms with E-state index in [1.54, 1.807) is 28.5 Å². The van der Waals surface area contributed by atoms with Gasteiger partial charge in [-0.1, -0.05) is 0 Å². The largest absolute Gasteiger partial charge is 0.454 e. The van der Waals surface area contributed by atoms with Crippen molar-refractivity contribution in [1.82, 2.24) is 9.21 Å². The number of nitrogens with one attached hydrogen (secondary N) is 1. The van der Waals surface area contributed by atoms with E-state index < -0.39 is 10.0 Å². The molecule has 1 N–H and O–H groups in total. The third kappa shape index (κ3) is 4.64. The molecule has 9 nitrogen and oxygen atoms in total. The van der Waals surface area contributed by atoms with Crippen LogP contribution in [-0.2, 0) is 14.8 Å². The second kappa shape index (κ2) is 9.55. The van der Waals surface area contributed by atoms with Crippen LogP contribution in [0, 0.1) is 5.92 Å². The number of fused-ring (bicyclic) bond motifs is 1. The quantitative estimate of drug-likeness (QED) is 0.669. The highest BCUT2D eigenvalue weighted by atomic mass is 32.2. The fourth-order valence-corrected chi connectivity index (χ4v) is 7.32. The zero-order valence-electron chi connectivity index (χ0n) is 18.7. The minimum atomic E-state index is -3.70. The number of ether oxygens (including phenoxy) is 2. The van der Waals surface area contributed by atoms with E-state index in [1.165, 1.54) is 10.4 Å². The van der Waals surface area contributed by atoms with Crippen LogP contribution in [0.1, 0.15) is 42.5 Å². The average molecular weight is 506 g/mol. The standard InChI is InChI=1S/C23H27N3O6S2/c27-22(24-18-4-5-19-20(13-18)32-15-31-19)16-6-10-26(11-7-16)34(29,30)21-12-17(14-33-21)23(28)25-8-2-1-3-9-25/h4-5,12-14,16H,1-3,6-11,15H2,(H,24,27). The maximum atomic E-state index is 13.2. The molecule has 2 amide bonds. The number of likely N-dealkylation sites (tertiary alicyclic amines) is 1. The van der Waals surface area contributed by atoms with Crippen LogP contribution in [-0.4, -0.2) is 62.4 Å². The Labute approximate surface area is 202 Å². The van der Waals surface area contributed by atoms with Crippen LogP contribution in [0.3, 0.4) is 0 Å². The van der Waals surface area contributed by atoms with Crippen LogP contribution in [0.25, 0.3) is 0 Å². The number of hydrogen-bond donors (Lipinski definition) is 1. The summed E-state index contributed by atoms with van der Waals surface area (Å²) in [6.45, 7) is 2.12. The summed E-state index contributed by atoms with van der Waals surface area (Å²) in [6, 6.07) is 6.72. The van der Waals surface area contributed by atoms with Gasteiger partial charge >= 0.3 is 0 Å². The zero-order valence-corrected chi connectivity index (χ0v) is 20.3. The van der Waals surface area contributed by atoms with Gasteiger partial charge in [0.1, 0.15) is 4.21 Å². The zero-order chi connectivity index (χ0) is 23.7. The molecule has 0 aliphatic carbocycles. The van der Waals surface area contributed by atoms with Crippen molar-refractivity contribution in [2.45, 2.75) is 36.3 Å². The molecule has 0 radical (unpaired) electrons. The summed E-state index contributed by atoms with van der Waals surface area (Å²) in [6.07, 6.45) is 3.95. The lowest BCUT2D eigenvalue weighted by Crippen LogP contribution is -2.41. The van der Waals surface area contributed by atoms with Crippen molar-refractivity contribution in [1.29, 1.82) is 0 Å². The van der Waals surface area contributed by atoms with Gasteiger partial charge < -0.3 is 19.7 Å². The van der Waals surface area contributed by atoms with Crippen LogP contribution in [0.15, 0.2) is 33.9 Å². The maximum Gasteiger partial charge on any atom is 0.254 e. The van der Waals surface area contributed by atoms with E-state index in [0.29, 0.717) is 35.6 Å². The molecule has 3 aliphatic rings. The number of sulfonamides is 1. The molecule has 5 rings (SSSR count). The fraction of sp³-hybridized carbons (Fsp3) is 0.478. The molecule has 11 heteroatoms. The predicted octanol–water partition coefficient (Wildman–Crippen LogP) is 3.14. The van der Waals surface area contributed by atoms with Gasteiger partial charge in [0.25, 0.3) is 15.9 Å². The van der Waals surface area contributed by atoms with Crippen molar-refractivity contribution < 1.29 is 27.5 Å².